The molecule has 2 heterocycles. The summed E-state index contributed by atoms with van der Waals surface area (Å²) in [5.41, 5.74) is 6.34. The second-order valence-corrected chi connectivity index (χ2v) is 6.74. The van der Waals surface area contributed by atoms with E-state index in [4.69, 9.17) is 10.4 Å². The summed E-state index contributed by atoms with van der Waals surface area (Å²) >= 11 is 0. The monoisotopic (exact) mass is 363 g/mol. The third kappa shape index (κ3) is 3.99. The Morgan fingerprint density at radius 3 is 2.88 bits per heavy atom. The normalized spacial score (nSPS) is 26.0. The maximum Gasteiger partial charge on any atom is 0.547 e. The Labute approximate surface area is 150 Å². The molecule has 0 aliphatic carbocycles. The lowest BCUT2D eigenvalue weighted by molar-refractivity contribution is -0.123. The van der Waals surface area contributed by atoms with Gasteiger partial charge in [0.15, 0.2) is 0 Å². The molecule has 1 aromatic carbocycles. The number of carbonyl (C=O) groups excluding carboxylic acids is 1. The van der Waals surface area contributed by atoms with Crippen molar-refractivity contribution in [2.24, 2.45) is 5.73 Å². The smallest absolute Gasteiger partial charge is 0.534 e. The number of β-amino-alcohol motifs (C(OH)–C–C–N with tert-alkyl or cyclic N) is 1. The van der Waals surface area contributed by atoms with Crippen molar-refractivity contribution in [2.45, 2.75) is 30.9 Å². The first kappa shape index (κ1) is 18.6. The summed E-state index contributed by atoms with van der Waals surface area (Å²) in [6.07, 6.45) is 0.202. The molecular formula is C16H22BN3O6. The predicted octanol–water partition coefficient (Wildman–Crippen LogP) is -1.78. The molecule has 0 bridgehead atoms. The Morgan fingerprint density at radius 2 is 2.19 bits per heavy atom. The molecule has 1 fully saturated rings. The Hall–Kier alpha value is -2.14. The van der Waals surface area contributed by atoms with Crippen LogP contribution in [0.4, 0.5) is 0 Å². The van der Waals surface area contributed by atoms with Gasteiger partial charge >= 0.3 is 13.1 Å². The molecule has 26 heavy (non-hydrogen) atoms. The van der Waals surface area contributed by atoms with E-state index in [2.05, 4.69) is 5.32 Å². The van der Waals surface area contributed by atoms with Gasteiger partial charge in [-0.05, 0) is 24.5 Å². The second kappa shape index (κ2) is 7.62. The van der Waals surface area contributed by atoms with E-state index in [1.807, 2.05) is 0 Å². The van der Waals surface area contributed by atoms with Crippen LogP contribution in [0, 0.1) is 0 Å². The topological polar surface area (TPSA) is 145 Å². The van der Waals surface area contributed by atoms with Crippen LogP contribution in [-0.4, -0.2) is 76.9 Å². The van der Waals surface area contributed by atoms with Gasteiger partial charge in [-0.25, -0.2) is 4.79 Å². The fourth-order valence-electron chi connectivity index (χ4n) is 3.33. The summed E-state index contributed by atoms with van der Waals surface area (Å²) in [6.45, 7) is 1.01. The molecular weight excluding hydrogens is 341 g/mol. The lowest BCUT2D eigenvalue weighted by Gasteiger charge is -2.34. The number of aromatic carboxylic acids is 1. The van der Waals surface area contributed by atoms with Crippen LogP contribution in [-0.2, 0) is 11.2 Å². The molecule has 2 aliphatic rings. The number of fused-ring (bicyclic) bond motifs is 1. The number of aliphatic hydroxyl groups is 1. The largest absolute Gasteiger partial charge is 0.547 e. The van der Waals surface area contributed by atoms with Crippen molar-refractivity contribution in [1.29, 1.82) is 0 Å². The van der Waals surface area contributed by atoms with E-state index in [0.29, 0.717) is 25.1 Å². The number of carboxylic acid groups (broad SMARTS) is 1. The third-order valence-corrected chi connectivity index (χ3v) is 4.78. The molecule has 3 unspecified atom stereocenters. The number of likely N-dealkylation sites (tertiary alicyclic amines) is 1. The van der Waals surface area contributed by atoms with Crippen LogP contribution in [0.2, 0.25) is 0 Å². The molecule has 10 heteroatoms. The number of nitrogens with two attached hydrogens (primary N) is 1. The molecule has 1 aromatic rings. The van der Waals surface area contributed by atoms with Crippen LogP contribution in [0.5, 0.6) is 5.75 Å². The van der Waals surface area contributed by atoms with Gasteiger partial charge in [0.2, 0.25) is 5.91 Å². The van der Waals surface area contributed by atoms with Gasteiger partial charge in [-0.1, -0.05) is 12.1 Å². The molecule has 6 N–H and O–H groups in total. The minimum Gasteiger partial charge on any atom is -0.534 e. The van der Waals surface area contributed by atoms with E-state index in [1.54, 1.807) is 17.0 Å². The van der Waals surface area contributed by atoms with E-state index >= 15 is 0 Å². The molecule has 0 radical (unpaired) electrons. The number of carbonyl (C=O) groups is 2. The number of piperidine rings is 1. The lowest BCUT2D eigenvalue weighted by atomic mass is 9.72. The number of hydrogen-bond acceptors (Lipinski definition) is 7. The quantitative estimate of drug-likeness (QED) is 0.395. The summed E-state index contributed by atoms with van der Waals surface area (Å²) in [5, 5.41) is 31.9. The maximum atomic E-state index is 12.3. The van der Waals surface area contributed by atoms with Crippen LogP contribution in [0.1, 0.15) is 22.3 Å². The fourth-order valence-corrected chi connectivity index (χ4v) is 3.33. The fraction of sp³-hybridized carbons (Fsp3) is 0.500. The second-order valence-electron chi connectivity index (χ2n) is 6.74. The van der Waals surface area contributed by atoms with Crippen LogP contribution >= 0.6 is 0 Å². The molecule has 3 atom stereocenters. The van der Waals surface area contributed by atoms with Gasteiger partial charge in [-0.15, -0.1) is 0 Å². The van der Waals surface area contributed by atoms with Crippen LogP contribution in [0.3, 0.4) is 0 Å². The van der Waals surface area contributed by atoms with Crippen molar-refractivity contribution in [3.8, 4) is 5.75 Å². The van der Waals surface area contributed by atoms with E-state index in [1.165, 1.54) is 6.07 Å². The SMILES string of the molecule is NC1CCN(CC(=O)NC2Cc3cccc(C(=O)O)c3OB2O)CC1O. The minimum atomic E-state index is -1.34. The van der Waals surface area contributed by atoms with E-state index < -0.39 is 25.1 Å². The van der Waals surface area contributed by atoms with Crippen molar-refractivity contribution in [3.63, 3.8) is 0 Å². The zero-order chi connectivity index (χ0) is 18.8. The standard InChI is InChI=1S/C16H22BN3O6/c18-11-4-5-20(7-12(11)21)8-14(22)19-13-6-9-2-1-3-10(16(23)24)15(9)26-17(13)25/h1-3,11-13,21,25H,4-8,18H2,(H,19,22)(H,23,24). The number of aliphatic hydroxyl groups excluding tert-OH is 1. The van der Waals surface area contributed by atoms with Gasteiger partial charge in [0, 0.05) is 19.1 Å². The first-order valence-corrected chi connectivity index (χ1v) is 8.50. The number of carboxylic acids is 1. The number of rotatable bonds is 4. The van der Waals surface area contributed by atoms with Crippen molar-refractivity contribution in [2.75, 3.05) is 19.6 Å². The molecule has 2 aliphatic heterocycles. The highest BCUT2D eigenvalue weighted by molar-refractivity contribution is 6.47. The number of nitrogens with one attached hydrogen (secondary N) is 1. The van der Waals surface area contributed by atoms with Gasteiger partial charge in [0.25, 0.3) is 0 Å². The zero-order valence-electron chi connectivity index (χ0n) is 14.2. The van der Waals surface area contributed by atoms with Gasteiger partial charge in [-0.2, -0.15) is 0 Å². The number of hydrogen-bond donors (Lipinski definition) is 5. The maximum absolute atomic E-state index is 12.3. The first-order chi connectivity index (χ1) is 12.3. The predicted molar refractivity (Wildman–Crippen MR) is 92.7 cm³/mol. The Morgan fingerprint density at radius 1 is 1.42 bits per heavy atom. The zero-order valence-corrected chi connectivity index (χ0v) is 14.2. The summed E-state index contributed by atoms with van der Waals surface area (Å²) in [5.74, 6) is -2.00. The molecule has 0 spiro atoms. The van der Waals surface area contributed by atoms with Crippen LogP contribution in [0.25, 0.3) is 0 Å². The average molecular weight is 363 g/mol. The van der Waals surface area contributed by atoms with Crippen molar-refractivity contribution in [3.05, 3.63) is 29.3 Å². The van der Waals surface area contributed by atoms with Gasteiger partial charge in [-0.3, -0.25) is 9.69 Å². The van der Waals surface area contributed by atoms with E-state index in [-0.39, 0.29) is 36.2 Å². The number of amides is 1. The Balaban J connectivity index is 1.61. The van der Waals surface area contributed by atoms with E-state index in [0.717, 1.165) is 0 Å². The summed E-state index contributed by atoms with van der Waals surface area (Å²) < 4.78 is 5.35. The first-order valence-electron chi connectivity index (χ1n) is 8.50. The van der Waals surface area contributed by atoms with E-state index in [9.17, 15) is 24.8 Å². The molecule has 1 saturated heterocycles. The van der Waals surface area contributed by atoms with Crippen LogP contribution in [0.15, 0.2) is 18.2 Å². The molecule has 0 saturated carbocycles. The highest BCUT2D eigenvalue weighted by atomic mass is 16.5. The molecule has 3 rings (SSSR count). The number of para-hydroxylation sites is 1. The summed E-state index contributed by atoms with van der Waals surface area (Å²) in [7, 11) is -1.34. The molecule has 0 aromatic heterocycles. The number of benzene rings is 1. The highest BCUT2D eigenvalue weighted by Gasteiger charge is 2.38. The average Bonchev–Trinajstić information content (AvgIpc) is 2.58. The lowest BCUT2D eigenvalue weighted by Crippen LogP contribution is -2.57. The molecule has 140 valence electrons. The minimum absolute atomic E-state index is 0.0232. The molecule has 9 nitrogen and oxygen atoms in total. The van der Waals surface area contributed by atoms with Crippen molar-refractivity contribution >= 4 is 19.0 Å². The van der Waals surface area contributed by atoms with Gasteiger partial charge in [0.1, 0.15) is 5.75 Å². The highest BCUT2D eigenvalue weighted by Crippen LogP contribution is 2.30. The number of nitrogens with zero attached hydrogens (tertiary/aromatic N) is 1. The third-order valence-electron chi connectivity index (χ3n) is 4.78. The Bertz CT molecular complexity index is 703. The van der Waals surface area contributed by atoms with Crippen molar-refractivity contribution < 1.29 is 29.5 Å². The summed E-state index contributed by atoms with van der Waals surface area (Å²) in [4.78, 5) is 25.3. The molecule has 1 amide bonds. The van der Waals surface area contributed by atoms with Gasteiger partial charge in [0.05, 0.1) is 24.2 Å². The van der Waals surface area contributed by atoms with Gasteiger partial charge < -0.3 is 30.9 Å². The van der Waals surface area contributed by atoms with Crippen LogP contribution < -0.4 is 15.7 Å². The summed E-state index contributed by atoms with van der Waals surface area (Å²) in [6, 6.07) is 4.43. The van der Waals surface area contributed by atoms with Crippen molar-refractivity contribution in [1.82, 2.24) is 10.2 Å². The Kier molecular flexibility index (Phi) is 5.47.